The van der Waals surface area contributed by atoms with Gasteiger partial charge in [0.05, 0.1) is 18.6 Å². The molecule has 178 valence electrons. The van der Waals surface area contributed by atoms with Crippen molar-refractivity contribution in [2.45, 2.75) is 38.4 Å². The fourth-order valence-corrected chi connectivity index (χ4v) is 5.10. The fraction of sp³-hybridized carbons (Fsp3) is 0.259. The Bertz CT molecular complexity index is 1350. The minimum Gasteiger partial charge on any atom is -0.493 e. The average molecular weight is 532 g/mol. The number of rotatable bonds is 6. The third-order valence-electron chi connectivity index (χ3n) is 6.44. The van der Waals surface area contributed by atoms with E-state index in [1.807, 2.05) is 65.4 Å². The van der Waals surface area contributed by atoms with Gasteiger partial charge in [-0.15, -0.1) is 10.2 Å². The summed E-state index contributed by atoms with van der Waals surface area (Å²) in [5, 5.41) is 20.1. The van der Waals surface area contributed by atoms with Gasteiger partial charge in [-0.1, -0.05) is 58.7 Å². The normalized spacial score (nSPS) is 16.8. The van der Waals surface area contributed by atoms with Crippen LogP contribution in [-0.4, -0.2) is 32.0 Å². The molecule has 4 aromatic rings. The van der Waals surface area contributed by atoms with Crippen LogP contribution in [0.4, 0.5) is 5.69 Å². The number of hydrogen-bond donors (Lipinski definition) is 1. The molecule has 1 fully saturated rings. The molecule has 5 rings (SSSR count). The van der Waals surface area contributed by atoms with Gasteiger partial charge in [-0.25, -0.2) is 0 Å². The Kier molecular flexibility index (Phi) is 7.01. The molecule has 0 bridgehead atoms. The maximum atomic E-state index is 12.5. The molecule has 0 spiro atoms. The largest absolute Gasteiger partial charge is 0.493 e. The summed E-state index contributed by atoms with van der Waals surface area (Å²) in [7, 11) is 0. The smallest absolute Gasteiger partial charge is 0.269 e. The Morgan fingerprint density at radius 1 is 1.11 bits per heavy atom. The number of aromatic nitrogens is 2. The van der Waals surface area contributed by atoms with Gasteiger partial charge in [0, 0.05) is 34.8 Å². The minimum absolute atomic E-state index is 0.00451. The summed E-state index contributed by atoms with van der Waals surface area (Å²) in [6, 6.07) is 19.5. The van der Waals surface area contributed by atoms with Crippen molar-refractivity contribution in [2.75, 3.05) is 6.54 Å². The van der Waals surface area contributed by atoms with Gasteiger partial charge in [0.15, 0.2) is 5.69 Å². The lowest BCUT2D eigenvalue weighted by Gasteiger charge is -2.36. The fourth-order valence-electron chi connectivity index (χ4n) is 4.74. The third-order valence-corrected chi connectivity index (χ3v) is 6.93. The Balaban J connectivity index is 1.46. The second kappa shape index (κ2) is 10.5. The summed E-state index contributed by atoms with van der Waals surface area (Å²) in [5.74, 6) is -0.357. The molecule has 1 saturated heterocycles. The van der Waals surface area contributed by atoms with Crippen LogP contribution < -0.4 is 0 Å². The van der Waals surface area contributed by atoms with E-state index >= 15 is 0 Å². The quantitative estimate of drug-likeness (QED) is 0.286. The molecular weight excluding hydrogens is 506 g/mol. The van der Waals surface area contributed by atoms with Crippen LogP contribution in [0, 0.1) is 0 Å². The van der Waals surface area contributed by atoms with Crippen LogP contribution in [0.15, 0.2) is 87.8 Å². The maximum absolute atomic E-state index is 12.5. The van der Waals surface area contributed by atoms with Gasteiger partial charge in [-0.2, -0.15) is 0 Å². The van der Waals surface area contributed by atoms with Gasteiger partial charge in [0.1, 0.15) is 0 Å². The zero-order chi connectivity index (χ0) is 24.2. The van der Waals surface area contributed by atoms with Crippen LogP contribution in [0.5, 0.6) is 5.88 Å². The molecule has 1 atom stereocenters. The zero-order valence-electron chi connectivity index (χ0n) is 19.2. The molecule has 0 unspecified atom stereocenters. The first-order chi connectivity index (χ1) is 17.1. The zero-order valence-corrected chi connectivity index (χ0v) is 20.8. The lowest BCUT2D eigenvalue weighted by Crippen LogP contribution is -2.34. The standard InChI is InChI=1S/C27H26BrN5O2/c28-21-11-12-24-22(16-21)26(31-30-25(34)15-19-7-2-1-3-8-19)27(35)33(24)18-32-14-5-4-10-23(32)20-9-6-13-29-17-20/h1-3,6-9,11-13,16-17,23,35H,4-5,10,14-15,18H2/t23-/m1/s1. The van der Waals surface area contributed by atoms with Crippen molar-refractivity contribution in [3.63, 3.8) is 0 Å². The molecule has 8 heteroatoms. The Hall–Kier alpha value is -3.36. The Morgan fingerprint density at radius 2 is 1.97 bits per heavy atom. The van der Waals surface area contributed by atoms with Crippen molar-refractivity contribution < 1.29 is 9.90 Å². The maximum Gasteiger partial charge on any atom is 0.269 e. The first kappa shape index (κ1) is 23.4. The molecule has 3 heterocycles. The SMILES string of the molecule is O=C(Cc1ccccc1)N=Nc1c(O)n(CN2CCCC[C@@H]2c2cccnc2)c2ccc(Br)cc12. The molecule has 1 aliphatic rings. The van der Waals surface area contributed by atoms with E-state index < -0.39 is 0 Å². The number of halogens is 1. The number of azo groups is 1. The van der Waals surface area contributed by atoms with Gasteiger partial charge < -0.3 is 5.11 Å². The number of amides is 1. The summed E-state index contributed by atoms with van der Waals surface area (Å²) in [5.41, 5.74) is 3.19. The number of piperidine rings is 1. The highest BCUT2D eigenvalue weighted by Gasteiger charge is 2.27. The van der Waals surface area contributed by atoms with E-state index in [0.29, 0.717) is 12.4 Å². The lowest BCUT2D eigenvalue weighted by atomic mass is 9.97. The van der Waals surface area contributed by atoms with Crippen LogP contribution >= 0.6 is 15.9 Å². The molecule has 1 N–H and O–H groups in total. The van der Waals surface area contributed by atoms with E-state index in [2.05, 4.69) is 42.1 Å². The molecule has 2 aromatic heterocycles. The van der Waals surface area contributed by atoms with Crippen LogP contribution in [0.3, 0.4) is 0 Å². The second-order valence-electron chi connectivity index (χ2n) is 8.77. The van der Waals surface area contributed by atoms with Crippen molar-refractivity contribution in [2.24, 2.45) is 10.2 Å². The predicted octanol–water partition coefficient (Wildman–Crippen LogP) is 6.54. The summed E-state index contributed by atoms with van der Waals surface area (Å²) in [6.07, 6.45) is 7.17. The highest BCUT2D eigenvalue weighted by Crippen LogP contribution is 2.41. The van der Waals surface area contributed by atoms with E-state index in [4.69, 9.17) is 0 Å². The number of likely N-dealkylation sites (tertiary alicyclic amines) is 1. The number of fused-ring (bicyclic) bond motifs is 1. The van der Waals surface area contributed by atoms with Gasteiger partial charge >= 0.3 is 0 Å². The van der Waals surface area contributed by atoms with E-state index in [0.717, 1.165) is 46.7 Å². The summed E-state index contributed by atoms with van der Waals surface area (Å²) in [4.78, 5) is 19.1. The van der Waals surface area contributed by atoms with Crippen LogP contribution in [0.2, 0.25) is 0 Å². The van der Waals surface area contributed by atoms with Crippen molar-refractivity contribution in [1.29, 1.82) is 0 Å². The molecule has 2 aromatic carbocycles. The van der Waals surface area contributed by atoms with Crippen LogP contribution in [0.1, 0.15) is 36.4 Å². The number of aromatic hydroxyl groups is 1. The molecule has 35 heavy (non-hydrogen) atoms. The number of carbonyl (C=O) groups excluding carboxylic acids is 1. The van der Waals surface area contributed by atoms with E-state index in [-0.39, 0.29) is 24.2 Å². The third kappa shape index (κ3) is 5.18. The van der Waals surface area contributed by atoms with E-state index in [1.54, 1.807) is 6.20 Å². The Morgan fingerprint density at radius 3 is 2.77 bits per heavy atom. The monoisotopic (exact) mass is 531 g/mol. The molecule has 7 nitrogen and oxygen atoms in total. The number of carbonyl (C=O) groups is 1. The van der Waals surface area contributed by atoms with E-state index in [9.17, 15) is 9.90 Å². The highest BCUT2D eigenvalue weighted by atomic mass is 79.9. The predicted molar refractivity (Wildman–Crippen MR) is 139 cm³/mol. The first-order valence-corrected chi connectivity index (χ1v) is 12.5. The van der Waals surface area contributed by atoms with E-state index in [1.165, 1.54) is 5.56 Å². The van der Waals surface area contributed by atoms with Crippen LogP contribution in [-0.2, 0) is 17.9 Å². The molecule has 0 aliphatic carbocycles. The summed E-state index contributed by atoms with van der Waals surface area (Å²) < 4.78 is 2.72. The highest BCUT2D eigenvalue weighted by molar-refractivity contribution is 9.10. The summed E-state index contributed by atoms with van der Waals surface area (Å²) >= 11 is 3.52. The second-order valence-corrected chi connectivity index (χ2v) is 9.69. The first-order valence-electron chi connectivity index (χ1n) is 11.7. The molecule has 1 aliphatic heterocycles. The van der Waals surface area contributed by atoms with Crippen molar-refractivity contribution >= 4 is 38.4 Å². The lowest BCUT2D eigenvalue weighted by molar-refractivity contribution is -0.117. The van der Waals surface area contributed by atoms with Crippen molar-refractivity contribution in [1.82, 2.24) is 14.5 Å². The number of pyridine rings is 1. The Labute approximate surface area is 212 Å². The molecule has 1 amide bonds. The van der Waals surface area contributed by atoms with Gasteiger partial charge in [0.2, 0.25) is 5.88 Å². The van der Waals surface area contributed by atoms with Crippen LogP contribution in [0.25, 0.3) is 10.9 Å². The van der Waals surface area contributed by atoms with Crippen molar-refractivity contribution in [3.8, 4) is 5.88 Å². The molecule has 0 saturated carbocycles. The van der Waals surface area contributed by atoms with Gasteiger partial charge in [-0.3, -0.25) is 19.2 Å². The number of benzene rings is 2. The molecule has 0 radical (unpaired) electrons. The minimum atomic E-state index is -0.362. The van der Waals surface area contributed by atoms with Gasteiger partial charge in [-0.05, 0) is 48.2 Å². The van der Waals surface area contributed by atoms with Crippen molar-refractivity contribution in [3.05, 3.63) is 88.7 Å². The summed E-state index contributed by atoms with van der Waals surface area (Å²) in [6.45, 7) is 1.42. The topological polar surface area (TPSA) is 83.1 Å². The number of nitrogens with zero attached hydrogens (tertiary/aromatic N) is 5. The van der Waals surface area contributed by atoms with Gasteiger partial charge in [0.25, 0.3) is 5.91 Å². The number of hydrogen-bond acceptors (Lipinski definition) is 5. The average Bonchev–Trinajstić information content (AvgIpc) is 3.14. The molecular formula is C27H26BrN5O2.